The smallest absolute Gasteiger partial charge is 0.221 e. The van der Waals surface area contributed by atoms with Crippen LogP contribution in [-0.2, 0) is 14.6 Å². The molecule has 1 aromatic rings. The molecule has 0 fully saturated rings. The van der Waals surface area contributed by atoms with E-state index in [0.717, 1.165) is 0 Å². The van der Waals surface area contributed by atoms with Crippen molar-refractivity contribution in [2.45, 2.75) is 30.9 Å². The second-order valence-electron chi connectivity index (χ2n) is 4.03. The van der Waals surface area contributed by atoms with Crippen LogP contribution in [0, 0.1) is 0 Å². The molecule has 0 aliphatic rings. The fraction of sp³-hybridized carbons (Fsp3) is 0.364. The maximum absolute atomic E-state index is 11.9. The molecule has 0 spiro atoms. The zero-order valence-electron chi connectivity index (χ0n) is 10.0. The van der Waals surface area contributed by atoms with E-state index < -0.39 is 15.1 Å². The van der Waals surface area contributed by atoms with Crippen LogP contribution in [0.25, 0.3) is 0 Å². The Morgan fingerprint density at radius 1 is 1.35 bits per heavy atom. The molecule has 17 heavy (non-hydrogen) atoms. The molecule has 94 valence electrons. The highest BCUT2D eigenvalue weighted by molar-refractivity contribution is 7.92. The Bertz CT molecular complexity index is 536. The molecule has 0 aliphatic carbocycles. The molecule has 0 heterocycles. The molecule has 0 aliphatic heterocycles. The molecule has 0 unspecified atom stereocenters. The number of anilines is 2. The number of carbonyl (C=O) groups is 1. The maximum atomic E-state index is 11.9. The zero-order valence-corrected chi connectivity index (χ0v) is 10.8. The molecule has 3 N–H and O–H groups in total. The highest BCUT2D eigenvalue weighted by Crippen LogP contribution is 2.25. The van der Waals surface area contributed by atoms with Crippen molar-refractivity contribution in [3.05, 3.63) is 18.2 Å². The van der Waals surface area contributed by atoms with Crippen LogP contribution in [-0.4, -0.2) is 19.6 Å². The summed E-state index contributed by atoms with van der Waals surface area (Å²) in [6.45, 7) is 4.56. The van der Waals surface area contributed by atoms with Crippen molar-refractivity contribution in [1.82, 2.24) is 0 Å². The van der Waals surface area contributed by atoms with Crippen molar-refractivity contribution < 1.29 is 13.2 Å². The average Bonchev–Trinajstić information content (AvgIpc) is 2.15. The lowest BCUT2D eigenvalue weighted by atomic mass is 10.3. The molecule has 6 heteroatoms. The third kappa shape index (κ3) is 2.97. The SMILES string of the molecule is CC(=O)Nc1ccc(S(=O)(=O)C(C)C)c(N)c1. The van der Waals surface area contributed by atoms with E-state index >= 15 is 0 Å². The van der Waals surface area contributed by atoms with Gasteiger partial charge in [0.15, 0.2) is 9.84 Å². The minimum atomic E-state index is -3.39. The minimum Gasteiger partial charge on any atom is -0.398 e. The van der Waals surface area contributed by atoms with Crippen LogP contribution in [0.15, 0.2) is 23.1 Å². The number of amides is 1. The van der Waals surface area contributed by atoms with Crippen LogP contribution in [0.1, 0.15) is 20.8 Å². The van der Waals surface area contributed by atoms with E-state index in [1.165, 1.54) is 25.1 Å². The summed E-state index contributed by atoms with van der Waals surface area (Å²) in [4.78, 5) is 10.9. The average molecular weight is 256 g/mol. The Morgan fingerprint density at radius 3 is 2.35 bits per heavy atom. The van der Waals surface area contributed by atoms with Gasteiger partial charge in [0.05, 0.1) is 15.8 Å². The third-order valence-corrected chi connectivity index (χ3v) is 4.48. The van der Waals surface area contributed by atoms with Crippen LogP contribution in [0.3, 0.4) is 0 Å². The van der Waals surface area contributed by atoms with Crippen LogP contribution in [0.5, 0.6) is 0 Å². The summed E-state index contributed by atoms with van der Waals surface area (Å²) in [5.74, 6) is -0.233. The lowest BCUT2D eigenvalue weighted by Crippen LogP contribution is -2.16. The minimum absolute atomic E-state index is 0.0987. The van der Waals surface area contributed by atoms with Crippen molar-refractivity contribution in [1.29, 1.82) is 0 Å². The summed E-state index contributed by atoms with van der Waals surface area (Å²) >= 11 is 0. The maximum Gasteiger partial charge on any atom is 0.221 e. The number of nitrogens with two attached hydrogens (primary N) is 1. The molecule has 0 saturated carbocycles. The molecule has 0 atom stereocenters. The van der Waals surface area contributed by atoms with Gasteiger partial charge >= 0.3 is 0 Å². The summed E-state index contributed by atoms with van der Waals surface area (Å²) in [6.07, 6.45) is 0. The van der Waals surface area contributed by atoms with E-state index in [1.807, 2.05) is 0 Å². The molecule has 0 radical (unpaired) electrons. The Kier molecular flexibility index (Phi) is 3.77. The van der Waals surface area contributed by atoms with E-state index in [1.54, 1.807) is 13.8 Å². The first-order chi connectivity index (χ1) is 7.75. The fourth-order valence-electron chi connectivity index (χ4n) is 1.34. The zero-order chi connectivity index (χ0) is 13.2. The summed E-state index contributed by atoms with van der Waals surface area (Å²) in [5, 5.41) is 2.01. The predicted molar refractivity (Wildman–Crippen MR) is 67.5 cm³/mol. The summed E-state index contributed by atoms with van der Waals surface area (Å²) in [6, 6.07) is 4.37. The second-order valence-corrected chi connectivity index (χ2v) is 6.50. The lowest BCUT2D eigenvalue weighted by Gasteiger charge is -2.11. The van der Waals surface area contributed by atoms with Gasteiger partial charge in [-0.25, -0.2) is 8.42 Å². The van der Waals surface area contributed by atoms with Gasteiger partial charge in [-0.1, -0.05) is 0 Å². The van der Waals surface area contributed by atoms with Gasteiger partial charge in [0, 0.05) is 12.6 Å². The number of carbonyl (C=O) groups excluding carboxylic acids is 1. The number of sulfone groups is 1. The number of benzene rings is 1. The van der Waals surface area contributed by atoms with Crippen LogP contribution < -0.4 is 11.1 Å². The third-order valence-electron chi connectivity index (χ3n) is 2.26. The van der Waals surface area contributed by atoms with E-state index in [2.05, 4.69) is 5.32 Å². The van der Waals surface area contributed by atoms with Crippen LogP contribution in [0.4, 0.5) is 11.4 Å². The van der Waals surface area contributed by atoms with Crippen molar-refractivity contribution in [2.75, 3.05) is 11.1 Å². The first kappa shape index (κ1) is 13.5. The summed E-state index contributed by atoms with van der Waals surface area (Å²) in [5.41, 5.74) is 6.32. The van der Waals surface area contributed by atoms with Crippen molar-refractivity contribution in [3.8, 4) is 0 Å². The molecule has 0 saturated heterocycles. The highest BCUT2D eigenvalue weighted by Gasteiger charge is 2.21. The normalized spacial score (nSPS) is 11.5. The van der Waals surface area contributed by atoms with Gasteiger partial charge in [0.1, 0.15) is 0 Å². The quantitative estimate of drug-likeness (QED) is 0.800. The van der Waals surface area contributed by atoms with E-state index in [4.69, 9.17) is 5.73 Å². The largest absolute Gasteiger partial charge is 0.398 e. The van der Waals surface area contributed by atoms with Gasteiger partial charge in [-0.2, -0.15) is 0 Å². The number of hydrogen-bond acceptors (Lipinski definition) is 4. The fourth-order valence-corrected chi connectivity index (χ4v) is 2.50. The Hall–Kier alpha value is -1.56. The molecular formula is C11H16N2O3S. The van der Waals surface area contributed by atoms with E-state index in [-0.39, 0.29) is 16.5 Å². The van der Waals surface area contributed by atoms with Gasteiger partial charge in [0.2, 0.25) is 5.91 Å². The van der Waals surface area contributed by atoms with E-state index in [9.17, 15) is 13.2 Å². The van der Waals surface area contributed by atoms with Gasteiger partial charge in [-0.3, -0.25) is 4.79 Å². The number of nitrogen functional groups attached to an aromatic ring is 1. The first-order valence-corrected chi connectivity index (χ1v) is 6.71. The molecule has 1 amide bonds. The van der Waals surface area contributed by atoms with Crippen molar-refractivity contribution >= 4 is 27.1 Å². The highest BCUT2D eigenvalue weighted by atomic mass is 32.2. The summed E-state index contributed by atoms with van der Waals surface area (Å²) in [7, 11) is -3.39. The molecule has 0 bridgehead atoms. The monoisotopic (exact) mass is 256 g/mol. The Labute approximate surface area is 101 Å². The Morgan fingerprint density at radius 2 is 1.94 bits per heavy atom. The number of hydrogen-bond donors (Lipinski definition) is 2. The topological polar surface area (TPSA) is 89.3 Å². The molecule has 1 aromatic carbocycles. The standard InChI is InChI=1S/C11H16N2O3S/c1-7(2)17(15,16)11-5-4-9(6-10(11)12)13-8(3)14/h4-7H,12H2,1-3H3,(H,13,14). The van der Waals surface area contributed by atoms with Gasteiger partial charge in [-0.05, 0) is 32.0 Å². The van der Waals surface area contributed by atoms with Gasteiger partial charge in [-0.15, -0.1) is 0 Å². The van der Waals surface area contributed by atoms with Gasteiger partial charge < -0.3 is 11.1 Å². The lowest BCUT2D eigenvalue weighted by molar-refractivity contribution is -0.114. The molecular weight excluding hydrogens is 240 g/mol. The second kappa shape index (κ2) is 4.75. The Balaban J connectivity index is 3.19. The van der Waals surface area contributed by atoms with Crippen LogP contribution >= 0.6 is 0 Å². The van der Waals surface area contributed by atoms with Gasteiger partial charge in [0.25, 0.3) is 0 Å². The molecule has 1 rings (SSSR count). The first-order valence-electron chi connectivity index (χ1n) is 5.16. The molecule has 0 aromatic heterocycles. The number of nitrogens with one attached hydrogen (secondary N) is 1. The van der Waals surface area contributed by atoms with E-state index in [0.29, 0.717) is 5.69 Å². The van der Waals surface area contributed by atoms with Crippen molar-refractivity contribution in [2.24, 2.45) is 0 Å². The molecule has 5 nitrogen and oxygen atoms in total. The van der Waals surface area contributed by atoms with Crippen LogP contribution in [0.2, 0.25) is 0 Å². The van der Waals surface area contributed by atoms with Crippen molar-refractivity contribution in [3.63, 3.8) is 0 Å². The summed E-state index contributed by atoms with van der Waals surface area (Å²) < 4.78 is 23.8. The predicted octanol–water partition coefficient (Wildman–Crippen LogP) is 1.41. The number of rotatable bonds is 3.